The Hall–Kier alpha value is -1.88. The lowest BCUT2D eigenvalue weighted by atomic mass is 10.4. The number of imidazole rings is 1. The van der Waals surface area contributed by atoms with Gasteiger partial charge < -0.3 is 10.3 Å². The molecule has 3 aromatic rings. The maximum absolute atomic E-state index is 5.90. The summed E-state index contributed by atoms with van der Waals surface area (Å²) in [6, 6.07) is 3.85. The summed E-state index contributed by atoms with van der Waals surface area (Å²) < 4.78 is 2.04. The second kappa shape index (κ2) is 3.31. The van der Waals surface area contributed by atoms with Crippen molar-refractivity contribution in [3.8, 4) is 10.7 Å². The highest BCUT2D eigenvalue weighted by Gasteiger charge is 2.12. The molecule has 0 bridgehead atoms. The Kier molecular flexibility index (Phi) is 1.94. The van der Waals surface area contributed by atoms with E-state index in [2.05, 4.69) is 9.97 Å². The monoisotopic (exact) mass is 230 g/mol. The molecule has 3 heterocycles. The summed E-state index contributed by atoms with van der Waals surface area (Å²) in [6.45, 7) is 0. The van der Waals surface area contributed by atoms with E-state index in [1.165, 1.54) is 0 Å². The van der Waals surface area contributed by atoms with E-state index in [1.54, 1.807) is 23.7 Å². The third kappa shape index (κ3) is 1.22. The number of thiophene rings is 1. The molecule has 5 heteroatoms. The minimum atomic E-state index is 0.774. The number of hydrogen-bond donors (Lipinski definition) is 1. The molecule has 0 amide bonds. The molecule has 0 aliphatic rings. The van der Waals surface area contributed by atoms with Crippen molar-refractivity contribution in [1.82, 2.24) is 14.5 Å². The first-order valence-corrected chi connectivity index (χ1v) is 5.75. The molecule has 0 aliphatic heterocycles. The van der Waals surface area contributed by atoms with E-state index in [-0.39, 0.29) is 0 Å². The molecule has 0 saturated heterocycles. The minimum absolute atomic E-state index is 0.774. The van der Waals surface area contributed by atoms with Crippen LogP contribution in [0.25, 0.3) is 21.7 Å². The van der Waals surface area contributed by atoms with E-state index in [4.69, 9.17) is 5.73 Å². The number of nitrogens with zero attached hydrogens (tertiary/aromatic N) is 3. The van der Waals surface area contributed by atoms with Crippen molar-refractivity contribution in [3.05, 3.63) is 29.9 Å². The van der Waals surface area contributed by atoms with Gasteiger partial charge in [0.2, 0.25) is 0 Å². The first kappa shape index (κ1) is 9.35. The molecule has 0 aliphatic carbocycles. The first-order chi connectivity index (χ1) is 7.77. The quantitative estimate of drug-likeness (QED) is 0.697. The van der Waals surface area contributed by atoms with Crippen molar-refractivity contribution in [1.29, 1.82) is 0 Å². The lowest BCUT2D eigenvalue weighted by Gasteiger charge is -2.00. The highest BCUT2D eigenvalue weighted by atomic mass is 32.1. The van der Waals surface area contributed by atoms with Crippen LogP contribution in [-0.4, -0.2) is 14.5 Å². The Morgan fingerprint density at radius 1 is 1.38 bits per heavy atom. The highest BCUT2D eigenvalue weighted by Crippen LogP contribution is 2.32. The zero-order valence-electron chi connectivity index (χ0n) is 8.71. The number of rotatable bonds is 1. The van der Waals surface area contributed by atoms with Crippen LogP contribution < -0.4 is 5.73 Å². The van der Waals surface area contributed by atoms with Gasteiger partial charge in [-0.3, -0.25) is 4.98 Å². The molecular weight excluding hydrogens is 220 g/mol. The number of aromatic nitrogens is 3. The maximum Gasteiger partial charge on any atom is 0.153 e. The Bertz CT molecular complexity index is 653. The number of hydrogen-bond acceptors (Lipinski definition) is 4. The molecule has 4 nitrogen and oxygen atoms in total. The number of nitrogens with two attached hydrogens (primary N) is 1. The van der Waals surface area contributed by atoms with Gasteiger partial charge in [-0.2, -0.15) is 0 Å². The van der Waals surface area contributed by atoms with Gasteiger partial charge in [0.25, 0.3) is 0 Å². The van der Waals surface area contributed by atoms with Crippen molar-refractivity contribution < 1.29 is 0 Å². The fourth-order valence-electron chi connectivity index (χ4n) is 1.76. The normalized spacial score (nSPS) is 11.1. The lowest BCUT2D eigenvalue weighted by Crippen LogP contribution is -1.93. The standard InChI is InChI=1S/C11H10N4S/c1-15-9-2-4-13-6-8(9)14-11(15)10-7(12)3-5-16-10/h2-6H,12H2,1H3. The number of aryl methyl sites for hydroxylation is 1. The third-order valence-corrected chi connectivity index (χ3v) is 3.51. The zero-order chi connectivity index (χ0) is 11.1. The van der Waals surface area contributed by atoms with E-state index in [1.807, 2.05) is 29.1 Å². The van der Waals surface area contributed by atoms with Crippen molar-refractivity contribution in [3.63, 3.8) is 0 Å². The topological polar surface area (TPSA) is 56.7 Å². The van der Waals surface area contributed by atoms with Gasteiger partial charge in [0.1, 0.15) is 5.52 Å². The molecule has 0 aromatic carbocycles. The molecule has 0 radical (unpaired) electrons. The van der Waals surface area contributed by atoms with Crippen LogP contribution in [0.3, 0.4) is 0 Å². The summed E-state index contributed by atoms with van der Waals surface area (Å²) in [6.07, 6.45) is 3.54. The summed E-state index contributed by atoms with van der Waals surface area (Å²) in [4.78, 5) is 9.63. The summed E-state index contributed by atoms with van der Waals surface area (Å²) in [5.41, 5.74) is 8.64. The van der Waals surface area contributed by atoms with Crippen LogP contribution in [0.4, 0.5) is 5.69 Å². The molecule has 0 unspecified atom stereocenters. The van der Waals surface area contributed by atoms with E-state index in [0.717, 1.165) is 27.4 Å². The summed E-state index contributed by atoms with van der Waals surface area (Å²) in [5.74, 6) is 0.899. The minimum Gasteiger partial charge on any atom is -0.397 e. The van der Waals surface area contributed by atoms with Crippen LogP contribution in [0, 0.1) is 0 Å². The van der Waals surface area contributed by atoms with Crippen LogP contribution in [0.15, 0.2) is 29.9 Å². The molecule has 0 saturated carbocycles. The lowest BCUT2D eigenvalue weighted by molar-refractivity contribution is 0.963. The molecule has 3 aromatic heterocycles. The number of fused-ring (bicyclic) bond motifs is 1. The predicted octanol–water partition coefficient (Wildman–Crippen LogP) is 2.28. The molecule has 0 spiro atoms. The Morgan fingerprint density at radius 2 is 2.25 bits per heavy atom. The smallest absolute Gasteiger partial charge is 0.153 e. The summed E-state index contributed by atoms with van der Waals surface area (Å²) >= 11 is 1.60. The van der Waals surface area contributed by atoms with Gasteiger partial charge in [-0.1, -0.05) is 0 Å². The number of nitrogen functional groups attached to an aromatic ring is 1. The molecule has 0 fully saturated rings. The van der Waals surface area contributed by atoms with E-state index in [9.17, 15) is 0 Å². The summed E-state index contributed by atoms with van der Waals surface area (Å²) in [7, 11) is 1.99. The molecule has 80 valence electrons. The fourth-order valence-corrected chi connectivity index (χ4v) is 2.60. The Morgan fingerprint density at radius 3 is 2.94 bits per heavy atom. The number of pyridine rings is 1. The first-order valence-electron chi connectivity index (χ1n) is 4.87. The molecule has 16 heavy (non-hydrogen) atoms. The Labute approximate surface area is 96.4 Å². The van der Waals surface area contributed by atoms with Crippen molar-refractivity contribution in [2.45, 2.75) is 0 Å². The fraction of sp³-hybridized carbons (Fsp3) is 0.0909. The van der Waals surface area contributed by atoms with Crippen molar-refractivity contribution in [2.24, 2.45) is 7.05 Å². The molecular formula is C11H10N4S. The molecule has 0 atom stereocenters. The van der Waals surface area contributed by atoms with Crippen molar-refractivity contribution >= 4 is 28.1 Å². The van der Waals surface area contributed by atoms with Crippen LogP contribution in [-0.2, 0) is 7.05 Å². The second-order valence-corrected chi connectivity index (χ2v) is 4.48. The van der Waals surface area contributed by atoms with Gasteiger partial charge in [-0.05, 0) is 17.5 Å². The maximum atomic E-state index is 5.90. The molecule has 3 rings (SSSR count). The van der Waals surface area contributed by atoms with Crippen LogP contribution in [0.1, 0.15) is 0 Å². The van der Waals surface area contributed by atoms with E-state index < -0.39 is 0 Å². The molecule has 2 N–H and O–H groups in total. The van der Waals surface area contributed by atoms with Crippen LogP contribution in [0.5, 0.6) is 0 Å². The van der Waals surface area contributed by atoms with Gasteiger partial charge in [-0.15, -0.1) is 11.3 Å². The number of anilines is 1. The Balaban J connectivity index is 2.33. The van der Waals surface area contributed by atoms with Gasteiger partial charge in [0.05, 0.1) is 22.3 Å². The van der Waals surface area contributed by atoms with Gasteiger partial charge >= 0.3 is 0 Å². The zero-order valence-corrected chi connectivity index (χ0v) is 9.53. The van der Waals surface area contributed by atoms with Crippen molar-refractivity contribution in [2.75, 3.05) is 5.73 Å². The SMILES string of the molecule is Cn1c(-c2sccc2N)nc2cnccc21. The third-order valence-electron chi connectivity index (χ3n) is 2.58. The summed E-state index contributed by atoms with van der Waals surface area (Å²) in [5, 5.41) is 1.97. The largest absolute Gasteiger partial charge is 0.397 e. The van der Waals surface area contributed by atoms with Gasteiger partial charge in [0, 0.05) is 13.2 Å². The average molecular weight is 230 g/mol. The van der Waals surface area contributed by atoms with Gasteiger partial charge in [-0.25, -0.2) is 4.98 Å². The van der Waals surface area contributed by atoms with E-state index >= 15 is 0 Å². The second-order valence-electron chi connectivity index (χ2n) is 3.56. The van der Waals surface area contributed by atoms with Crippen LogP contribution >= 0.6 is 11.3 Å². The van der Waals surface area contributed by atoms with E-state index in [0.29, 0.717) is 0 Å². The average Bonchev–Trinajstić information content (AvgIpc) is 2.84. The predicted molar refractivity (Wildman–Crippen MR) is 66.2 cm³/mol. The highest BCUT2D eigenvalue weighted by molar-refractivity contribution is 7.14. The van der Waals surface area contributed by atoms with Crippen LogP contribution in [0.2, 0.25) is 0 Å². The van der Waals surface area contributed by atoms with Gasteiger partial charge in [0.15, 0.2) is 5.82 Å².